The number of rotatable bonds is 2. The van der Waals surface area contributed by atoms with E-state index in [4.69, 9.17) is 9.47 Å². The minimum atomic E-state index is -0.471. The van der Waals surface area contributed by atoms with Crippen molar-refractivity contribution in [3.8, 4) is 0 Å². The van der Waals surface area contributed by atoms with Crippen molar-refractivity contribution >= 4 is 0 Å². The molecule has 158 valence electrons. The molecular weight excluding hydrogens is 348 g/mol. The van der Waals surface area contributed by atoms with Gasteiger partial charge in [0, 0.05) is 11.3 Å². The lowest BCUT2D eigenvalue weighted by Crippen LogP contribution is -2.62. The van der Waals surface area contributed by atoms with Crippen molar-refractivity contribution in [2.24, 2.45) is 40.4 Å². The maximum Gasteiger partial charge on any atom is 0.160 e. The number of hydrogen-bond acceptors (Lipinski definition) is 3. The summed E-state index contributed by atoms with van der Waals surface area (Å²) in [7, 11) is 0. The molecule has 8 atom stereocenters. The van der Waals surface area contributed by atoms with E-state index in [1.54, 1.807) is 0 Å². The maximum absolute atomic E-state index is 12.2. The molecule has 1 aliphatic heterocycles. The van der Waals surface area contributed by atoms with E-state index in [0.29, 0.717) is 29.1 Å². The van der Waals surface area contributed by atoms with Gasteiger partial charge in [-0.3, -0.25) is 0 Å². The number of ether oxygens (including phenoxy) is 2. The summed E-state index contributed by atoms with van der Waals surface area (Å²) < 4.78 is 11.8. The summed E-state index contributed by atoms with van der Waals surface area (Å²) in [5, 5.41) is 12.2. The van der Waals surface area contributed by atoms with Gasteiger partial charge in [-0.2, -0.15) is 0 Å². The Bertz CT molecular complexity index is 625. The minimum Gasteiger partial charge on any atom is -0.389 e. The molecule has 4 saturated carbocycles. The molecule has 28 heavy (non-hydrogen) atoms. The smallest absolute Gasteiger partial charge is 0.160 e. The highest BCUT2D eigenvalue weighted by Gasteiger charge is 2.66. The average molecular weight is 389 g/mol. The zero-order valence-corrected chi connectivity index (χ0v) is 18.2. The van der Waals surface area contributed by atoms with Crippen LogP contribution in [0.3, 0.4) is 0 Å². The highest BCUT2D eigenvalue weighted by atomic mass is 16.7. The topological polar surface area (TPSA) is 38.7 Å². The van der Waals surface area contributed by atoms with Crippen LogP contribution in [0.5, 0.6) is 0 Å². The fraction of sp³-hybridized carbons (Fsp3) is 0.920. The monoisotopic (exact) mass is 388 g/mol. The van der Waals surface area contributed by atoms with Crippen LogP contribution in [0.2, 0.25) is 0 Å². The second-order valence-electron chi connectivity index (χ2n) is 11.2. The van der Waals surface area contributed by atoms with Gasteiger partial charge in [-0.25, -0.2) is 0 Å². The molecule has 0 aromatic heterocycles. The van der Waals surface area contributed by atoms with Crippen LogP contribution in [0.4, 0.5) is 0 Å². The minimum absolute atomic E-state index is 0.0284. The van der Waals surface area contributed by atoms with Gasteiger partial charge in [-0.05, 0) is 93.8 Å². The third kappa shape index (κ3) is 2.58. The standard InChI is InChI=1S/C25H40O3/c1-4-5-19-10-13-25(26)21-9-8-18-7-6-17(22-27-14-15-28-22)16-23(18,2)20(21)11-12-24(19,25)3/h4-5,17-22,26H,6-16H2,1-3H3/b5-4+/t17?,18-,19-,20-,21+,23-,24+,25-/m0/s1. The molecule has 0 spiro atoms. The highest BCUT2D eigenvalue weighted by molar-refractivity contribution is 5.19. The first-order chi connectivity index (χ1) is 13.4. The van der Waals surface area contributed by atoms with Crippen molar-refractivity contribution in [1.29, 1.82) is 0 Å². The Kier molecular flexibility index (Phi) is 4.77. The molecule has 0 aromatic carbocycles. The zero-order valence-electron chi connectivity index (χ0n) is 18.2. The maximum atomic E-state index is 12.2. The van der Waals surface area contributed by atoms with Crippen LogP contribution in [0.15, 0.2) is 12.2 Å². The van der Waals surface area contributed by atoms with Crippen LogP contribution in [0, 0.1) is 40.4 Å². The third-order valence-electron chi connectivity index (χ3n) is 10.4. The van der Waals surface area contributed by atoms with Gasteiger partial charge < -0.3 is 14.6 Å². The van der Waals surface area contributed by atoms with Crippen molar-refractivity contribution in [3.63, 3.8) is 0 Å². The molecule has 0 bridgehead atoms. The van der Waals surface area contributed by atoms with E-state index in [2.05, 4.69) is 32.9 Å². The Balaban J connectivity index is 1.43. The van der Waals surface area contributed by atoms with Crippen molar-refractivity contribution in [1.82, 2.24) is 0 Å². The van der Waals surface area contributed by atoms with E-state index in [1.807, 2.05) is 0 Å². The van der Waals surface area contributed by atoms with Gasteiger partial charge in [0.2, 0.25) is 0 Å². The van der Waals surface area contributed by atoms with Crippen molar-refractivity contribution in [3.05, 3.63) is 12.2 Å². The molecule has 1 N–H and O–H groups in total. The van der Waals surface area contributed by atoms with Crippen molar-refractivity contribution in [2.75, 3.05) is 13.2 Å². The molecule has 1 saturated heterocycles. The molecular formula is C25H40O3. The summed E-state index contributed by atoms with van der Waals surface area (Å²) in [6.07, 6.45) is 15.6. The fourth-order valence-electron chi connectivity index (χ4n) is 8.84. The lowest BCUT2D eigenvalue weighted by Gasteiger charge is -2.64. The van der Waals surface area contributed by atoms with E-state index >= 15 is 0 Å². The van der Waals surface area contributed by atoms with Crippen molar-refractivity contribution in [2.45, 2.75) is 90.4 Å². The number of fused-ring (bicyclic) bond motifs is 5. The molecule has 0 amide bonds. The predicted molar refractivity (Wildman–Crippen MR) is 111 cm³/mol. The molecule has 5 fully saturated rings. The van der Waals surface area contributed by atoms with Crippen LogP contribution in [0.25, 0.3) is 0 Å². The van der Waals surface area contributed by atoms with Crippen LogP contribution in [-0.4, -0.2) is 30.2 Å². The normalized spacial score (nSPS) is 54.5. The van der Waals surface area contributed by atoms with Crippen LogP contribution < -0.4 is 0 Å². The highest BCUT2D eigenvalue weighted by Crippen LogP contribution is 2.69. The molecule has 3 heteroatoms. The van der Waals surface area contributed by atoms with Crippen LogP contribution in [0.1, 0.15) is 78.6 Å². The lowest BCUT2D eigenvalue weighted by molar-refractivity contribution is -0.214. The predicted octanol–water partition coefficient (Wildman–Crippen LogP) is 5.33. The Morgan fingerprint density at radius 3 is 2.39 bits per heavy atom. The molecule has 0 aromatic rings. The van der Waals surface area contributed by atoms with E-state index in [-0.39, 0.29) is 11.7 Å². The van der Waals surface area contributed by atoms with Crippen molar-refractivity contribution < 1.29 is 14.6 Å². The first-order valence-electron chi connectivity index (χ1n) is 12.0. The zero-order chi connectivity index (χ0) is 19.6. The molecule has 5 aliphatic rings. The summed E-state index contributed by atoms with van der Waals surface area (Å²) in [5.74, 6) is 3.06. The Morgan fingerprint density at radius 1 is 0.893 bits per heavy atom. The van der Waals surface area contributed by atoms with Gasteiger partial charge in [-0.15, -0.1) is 0 Å². The summed E-state index contributed by atoms with van der Waals surface area (Å²) in [4.78, 5) is 0. The third-order valence-corrected chi connectivity index (χ3v) is 10.4. The Morgan fingerprint density at radius 2 is 1.64 bits per heavy atom. The van der Waals surface area contributed by atoms with Gasteiger partial charge in [-0.1, -0.05) is 26.0 Å². The molecule has 0 radical (unpaired) electrons. The molecule has 4 aliphatic carbocycles. The van der Waals surface area contributed by atoms with Gasteiger partial charge in [0.15, 0.2) is 6.29 Å². The van der Waals surface area contributed by atoms with Gasteiger partial charge in [0.1, 0.15) is 0 Å². The average Bonchev–Trinajstić information content (AvgIpc) is 3.29. The Hall–Kier alpha value is -0.380. The van der Waals surface area contributed by atoms with E-state index < -0.39 is 5.60 Å². The van der Waals surface area contributed by atoms with E-state index in [1.165, 1.54) is 44.9 Å². The van der Waals surface area contributed by atoms with E-state index in [9.17, 15) is 5.11 Å². The first-order valence-corrected chi connectivity index (χ1v) is 12.0. The second kappa shape index (κ2) is 6.82. The molecule has 3 nitrogen and oxygen atoms in total. The number of aliphatic hydroxyl groups is 1. The second-order valence-corrected chi connectivity index (χ2v) is 11.2. The summed E-state index contributed by atoms with van der Waals surface area (Å²) in [6.45, 7) is 8.63. The quantitative estimate of drug-likeness (QED) is 0.650. The van der Waals surface area contributed by atoms with Gasteiger partial charge in [0.05, 0.1) is 18.8 Å². The fourth-order valence-corrected chi connectivity index (χ4v) is 8.84. The van der Waals surface area contributed by atoms with Gasteiger partial charge in [0.25, 0.3) is 0 Å². The van der Waals surface area contributed by atoms with Crippen LogP contribution >= 0.6 is 0 Å². The van der Waals surface area contributed by atoms with E-state index in [0.717, 1.165) is 32.0 Å². The van der Waals surface area contributed by atoms with Gasteiger partial charge >= 0.3 is 0 Å². The SMILES string of the molecule is C/C=C/[C@H]1CC[C@]2(O)[C@@H]3CC[C@@H]4CCC(C5OCCO5)C[C@]4(C)[C@H]3CC[C@]12C. The summed E-state index contributed by atoms with van der Waals surface area (Å²) in [6, 6.07) is 0. The largest absolute Gasteiger partial charge is 0.389 e. The summed E-state index contributed by atoms with van der Waals surface area (Å²) >= 11 is 0. The molecule has 1 heterocycles. The lowest BCUT2D eigenvalue weighted by atomic mass is 9.43. The number of hydrogen-bond donors (Lipinski definition) is 1. The summed E-state index contributed by atoms with van der Waals surface area (Å²) in [5.41, 5.74) is -0.0616. The Labute approximate surface area is 171 Å². The van der Waals surface area contributed by atoms with Crippen LogP contribution in [-0.2, 0) is 9.47 Å². The first kappa shape index (κ1) is 19.6. The number of allylic oxidation sites excluding steroid dienone is 2. The molecule has 1 unspecified atom stereocenters. The molecule has 5 rings (SSSR count).